The number of methoxy groups -OCH3 is 2. The first-order valence-electron chi connectivity index (χ1n) is 42.6. The molecule has 12 atom stereocenters. The topological polar surface area (TPSA) is 459 Å². The Morgan fingerprint density at radius 3 is 1.86 bits per heavy atom. The Kier molecular flexibility index (Phi) is 44.3. The summed E-state index contributed by atoms with van der Waals surface area (Å²) in [4.78, 5) is 180. The van der Waals surface area contributed by atoms with E-state index in [1.165, 1.54) is 50.4 Å². The maximum atomic E-state index is 14.9. The van der Waals surface area contributed by atoms with E-state index >= 15 is 0 Å². The number of benzene rings is 4. The third-order valence-corrected chi connectivity index (χ3v) is 21.8. The van der Waals surface area contributed by atoms with Crippen molar-refractivity contribution in [2.75, 3.05) is 112 Å². The lowest BCUT2D eigenvalue weighted by Gasteiger charge is -2.41. The molecular formula is C90H128N12O23. The zero-order valence-electron chi connectivity index (χ0n) is 73.9. The molecule has 0 aliphatic carbocycles. The average molecular weight is 1750 g/mol. The lowest BCUT2D eigenvalue weighted by Crippen LogP contribution is -2.60. The van der Waals surface area contributed by atoms with Gasteiger partial charge >= 0.3 is 24.1 Å². The fraction of sp³-hybridized carbons (Fsp3) is 0.567. The molecule has 35 nitrogen and oxygen atoms in total. The largest absolute Gasteiger partial charge is 0.481 e. The van der Waals surface area contributed by atoms with Crippen molar-refractivity contribution in [3.63, 3.8) is 0 Å². The number of aliphatic hydroxyl groups excluding tert-OH is 1. The molecule has 1 saturated heterocycles. The smallest absolute Gasteiger partial charge is 0.410 e. The number of amides is 12. The van der Waals surface area contributed by atoms with Crippen LogP contribution < -0.4 is 52.6 Å². The third-order valence-electron chi connectivity index (χ3n) is 21.8. The van der Waals surface area contributed by atoms with E-state index in [0.29, 0.717) is 49.2 Å². The lowest BCUT2D eigenvalue weighted by atomic mass is 9.89. The minimum Gasteiger partial charge on any atom is -0.481 e. The molecule has 35 heteroatoms. The molecule has 686 valence electrons. The number of ether oxygens (including phenoxy) is 8. The Balaban J connectivity index is 0.899. The Bertz CT molecular complexity index is 4240. The normalized spacial score (nSPS) is 15.5. The number of likely N-dealkylation sites (tertiary alicyclic amines) is 1. The molecule has 1 fully saturated rings. The van der Waals surface area contributed by atoms with Gasteiger partial charge in [-0.25, -0.2) is 14.4 Å². The van der Waals surface area contributed by atoms with Crippen molar-refractivity contribution >= 4 is 82.9 Å². The van der Waals surface area contributed by atoms with E-state index in [1.54, 1.807) is 82.7 Å². The molecule has 2 aliphatic heterocycles. The van der Waals surface area contributed by atoms with Crippen molar-refractivity contribution in [2.45, 2.75) is 200 Å². The zero-order valence-corrected chi connectivity index (χ0v) is 73.9. The Labute approximate surface area is 732 Å². The van der Waals surface area contributed by atoms with Crippen molar-refractivity contribution in [2.24, 2.45) is 29.4 Å². The van der Waals surface area contributed by atoms with Gasteiger partial charge in [-0.15, -0.1) is 0 Å². The van der Waals surface area contributed by atoms with Gasteiger partial charge in [-0.05, 0) is 104 Å². The number of likely N-dealkylation sites (N-methyl/N-ethyl adjacent to an activating group) is 2. The number of para-hydroxylation sites is 1. The predicted octanol–water partition coefficient (Wildman–Crippen LogP) is 5.18. The van der Waals surface area contributed by atoms with E-state index in [2.05, 4.69) is 49.1 Å². The van der Waals surface area contributed by atoms with Gasteiger partial charge in [0.25, 0.3) is 0 Å². The first kappa shape index (κ1) is 103. The van der Waals surface area contributed by atoms with Gasteiger partial charge in [0.2, 0.25) is 53.2 Å². The molecule has 6 rings (SSSR count). The first-order chi connectivity index (χ1) is 59.8. The number of fused-ring (bicyclic) bond motifs is 2. The van der Waals surface area contributed by atoms with Crippen LogP contribution in [0.25, 0.3) is 0 Å². The fourth-order valence-electron chi connectivity index (χ4n) is 14.7. The summed E-state index contributed by atoms with van der Waals surface area (Å²) in [6, 6.07) is 22.4. The molecule has 2 aliphatic rings. The average Bonchev–Trinajstić information content (AvgIpc) is 1.80. The van der Waals surface area contributed by atoms with Crippen LogP contribution in [-0.4, -0.2) is 264 Å². The number of carboxylic acids is 1. The number of nitrogens with two attached hydrogens (primary N) is 1. The number of rotatable bonds is 54. The second-order valence-corrected chi connectivity index (χ2v) is 31.7. The number of anilines is 1. The van der Waals surface area contributed by atoms with Gasteiger partial charge in [0.15, 0.2) is 0 Å². The standard InChI is InChI=1S/C90H128N12O23/c1-13-59(6)81(72(118-11)53-77(107)101-44-22-30-71(101)83(119-12)60(7)84(111)95-61(8)82(110)65-25-15-14-16-26-65)99(9)87(114)79(57(2)3)98-86(113)80(58(4)5)100(10)90(117)124-56-62-31-35-67(36-32-62)125-88(115)69(28-21-42-93-89(91)116)97-75(105)54-94-85(112)68(37-40-78(108)109)96-74(104)41-45-120-47-49-122-51-52-123-50-48-121-46-43-92-73(103)38-39-76(106)102-55-66-27-18-17-23-63(66)33-34-64-24-19-20-29-70(64)102/h14-20,23-27,29,31-32,35-36,57-61,68-69,71-72,79-83,110H,13,21-22,28,30,37-56H2,1-12H3,(H,92,103)(H,94,112)(H,95,111)(H,96,104)(H,97,105)(H,98,113)(H,108,109)(H3,91,93,116)/t59-,60+,61+,68-,69-,71-,72+,79-,80-,81-,82+,83+/m0/s1. The molecular weight excluding hydrogens is 1620 g/mol. The summed E-state index contributed by atoms with van der Waals surface area (Å²) in [6.07, 6.45) is -2.67. The van der Waals surface area contributed by atoms with Gasteiger partial charge in [0.1, 0.15) is 36.5 Å². The number of aliphatic hydroxyl groups is 1. The van der Waals surface area contributed by atoms with E-state index in [1.807, 2.05) is 68.4 Å². The van der Waals surface area contributed by atoms with E-state index in [0.717, 1.165) is 21.6 Å². The van der Waals surface area contributed by atoms with Gasteiger partial charge in [-0.1, -0.05) is 140 Å². The van der Waals surface area contributed by atoms with E-state index in [9.17, 15) is 72.5 Å². The Hall–Kier alpha value is -11.1. The van der Waals surface area contributed by atoms with E-state index in [4.69, 9.17) is 43.6 Å². The number of primary amides is 1. The number of hydrogen-bond donors (Lipinski definition) is 10. The van der Waals surface area contributed by atoms with Crippen LogP contribution in [0.5, 0.6) is 5.75 Å². The van der Waals surface area contributed by atoms with Gasteiger partial charge in [0.05, 0.1) is 120 Å². The molecule has 4 aromatic rings. The molecule has 0 bridgehead atoms. The van der Waals surface area contributed by atoms with Gasteiger partial charge in [0, 0.05) is 84.8 Å². The molecule has 0 radical (unpaired) electrons. The number of nitrogens with one attached hydrogen (secondary N) is 7. The first-order valence-corrected chi connectivity index (χ1v) is 42.6. The SMILES string of the molecule is CC[C@H](C)[C@@H]([C@@H](CC(=O)N1CCC[C@H]1[C@H](OC)[C@@H](C)C(=O)N[C@H](C)[C@@H](O)c1ccccc1)OC)N(C)C(=O)[C@@H](NC(=O)[C@H](C(C)C)N(C)C(=O)OCc1ccc(OC(=O)[C@H](CCCNC(N)=O)NC(=O)CNC(=O)[C@H](CCC(=O)O)NC(=O)CCOCCOCCOCCOCCNC(=O)CCC(=O)N2Cc3ccccc3C#Cc3ccccc32)cc1)C(C)C. The molecule has 2 heterocycles. The second kappa shape index (κ2) is 53.9. The number of carboxylic acid groups (broad SMARTS) is 1. The van der Waals surface area contributed by atoms with Crippen LogP contribution in [-0.2, 0) is 99.0 Å². The van der Waals surface area contributed by atoms with Crippen LogP contribution in [0.4, 0.5) is 15.3 Å². The van der Waals surface area contributed by atoms with Crippen molar-refractivity contribution < 1.29 is 110 Å². The number of carbonyl (C=O) groups is 13. The monoisotopic (exact) mass is 1740 g/mol. The van der Waals surface area contributed by atoms with E-state index < -0.39 is 145 Å². The van der Waals surface area contributed by atoms with Crippen LogP contribution in [0.15, 0.2) is 103 Å². The summed E-state index contributed by atoms with van der Waals surface area (Å²) in [5.74, 6) is -2.29. The Morgan fingerprint density at radius 2 is 1.22 bits per heavy atom. The van der Waals surface area contributed by atoms with Crippen LogP contribution in [0.3, 0.4) is 0 Å². The van der Waals surface area contributed by atoms with Crippen molar-refractivity contribution in [1.82, 2.24) is 51.9 Å². The summed E-state index contributed by atoms with van der Waals surface area (Å²) in [5, 5.41) is 38.8. The molecule has 0 unspecified atom stereocenters. The summed E-state index contributed by atoms with van der Waals surface area (Å²) < 4.78 is 45.5. The fourth-order valence-corrected chi connectivity index (χ4v) is 14.7. The van der Waals surface area contributed by atoms with Crippen LogP contribution in [0.2, 0.25) is 0 Å². The van der Waals surface area contributed by atoms with Crippen molar-refractivity contribution in [3.8, 4) is 17.6 Å². The number of nitrogens with zero attached hydrogens (tertiary/aromatic N) is 4. The van der Waals surface area contributed by atoms with Crippen molar-refractivity contribution in [1.29, 1.82) is 0 Å². The molecule has 11 N–H and O–H groups in total. The summed E-state index contributed by atoms with van der Waals surface area (Å²) in [5.41, 5.74) is 9.51. The lowest BCUT2D eigenvalue weighted by molar-refractivity contribution is -0.148. The highest BCUT2D eigenvalue weighted by Gasteiger charge is 2.44. The number of carbonyl (C=O) groups excluding carboxylic acids is 12. The molecule has 12 amide bonds. The summed E-state index contributed by atoms with van der Waals surface area (Å²) in [6.45, 7) is 15.7. The molecule has 0 spiro atoms. The highest BCUT2D eigenvalue weighted by molar-refractivity contribution is 5.97. The van der Waals surface area contributed by atoms with Gasteiger partial charge in [-0.3, -0.25) is 52.8 Å². The second-order valence-electron chi connectivity index (χ2n) is 31.7. The molecule has 4 aromatic carbocycles. The van der Waals surface area contributed by atoms with Crippen molar-refractivity contribution in [3.05, 3.63) is 131 Å². The van der Waals surface area contributed by atoms with Crippen LogP contribution in [0.1, 0.15) is 160 Å². The van der Waals surface area contributed by atoms with Crippen LogP contribution >= 0.6 is 0 Å². The highest BCUT2D eigenvalue weighted by Crippen LogP contribution is 2.32. The summed E-state index contributed by atoms with van der Waals surface area (Å²) in [7, 11) is 5.99. The molecule has 125 heavy (non-hydrogen) atoms. The van der Waals surface area contributed by atoms with Gasteiger partial charge in [-0.2, -0.15) is 0 Å². The van der Waals surface area contributed by atoms with Gasteiger partial charge < -0.3 is 106 Å². The zero-order chi connectivity index (χ0) is 91.7. The predicted molar refractivity (Wildman–Crippen MR) is 461 cm³/mol. The molecule has 0 aromatic heterocycles. The highest BCUT2D eigenvalue weighted by atomic mass is 16.6. The number of esters is 1. The third kappa shape index (κ3) is 33.7. The minimum atomic E-state index is -1.39. The maximum absolute atomic E-state index is 14.9. The maximum Gasteiger partial charge on any atom is 0.410 e. The number of urea groups is 1. The summed E-state index contributed by atoms with van der Waals surface area (Å²) >= 11 is 0. The van der Waals surface area contributed by atoms with Crippen LogP contribution in [0, 0.1) is 35.5 Å². The quantitative estimate of drug-likeness (QED) is 0.0118. The Morgan fingerprint density at radius 1 is 0.600 bits per heavy atom. The number of hydrogen-bond acceptors (Lipinski definition) is 22. The molecule has 0 saturated carbocycles. The van der Waals surface area contributed by atoms with E-state index in [-0.39, 0.29) is 153 Å². The number of aliphatic carboxylic acids is 1. The minimum absolute atomic E-state index is 0.00280.